The van der Waals surface area contributed by atoms with Gasteiger partial charge in [-0.3, -0.25) is 0 Å². The van der Waals surface area contributed by atoms with Crippen molar-refractivity contribution in [2.24, 2.45) is 4.99 Å². The number of ether oxygens (including phenoxy) is 5. The van der Waals surface area contributed by atoms with Crippen molar-refractivity contribution in [3.05, 3.63) is 0 Å². The fourth-order valence-electron chi connectivity index (χ4n) is 4.60. The Morgan fingerprint density at radius 2 is 1.22 bits per heavy atom. The van der Waals surface area contributed by atoms with Gasteiger partial charge in [-0.25, -0.2) is 4.99 Å². The fourth-order valence-corrected chi connectivity index (χ4v) is 4.60. The topological polar surface area (TPSA) is 259 Å². The normalized spacial score (nSPS) is 50.6. The monoisotopic (exact) mass is 543 g/mol. The van der Waals surface area contributed by atoms with E-state index in [0.717, 1.165) is 0 Å². The van der Waals surface area contributed by atoms with E-state index in [-0.39, 0.29) is 5.90 Å². The molecule has 4 rings (SSSR count). The third kappa shape index (κ3) is 5.62. The van der Waals surface area contributed by atoms with Crippen LogP contribution in [0, 0.1) is 0 Å². The second-order valence-corrected chi connectivity index (χ2v) is 9.14. The van der Waals surface area contributed by atoms with Crippen molar-refractivity contribution >= 4 is 5.90 Å². The zero-order valence-corrected chi connectivity index (χ0v) is 19.6. The van der Waals surface area contributed by atoms with Crippen LogP contribution in [0.5, 0.6) is 0 Å². The van der Waals surface area contributed by atoms with Crippen LogP contribution in [0.15, 0.2) is 4.99 Å². The van der Waals surface area contributed by atoms with Crippen LogP contribution < -0.4 is 0 Å². The van der Waals surface area contributed by atoms with Crippen molar-refractivity contribution in [2.45, 2.75) is 99.0 Å². The first-order valence-corrected chi connectivity index (χ1v) is 11.7. The van der Waals surface area contributed by atoms with E-state index in [9.17, 15) is 46.0 Å². The molecular weight excluding hydrogens is 510 g/mol. The molecule has 17 heteroatoms. The summed E-state index contributed by atoms with van der Waals surface area (Å²) in [6, 6.07) is -1.03. The Morgan fingerprint density at radius 3 is 1.84 bits per heavy atom. The lowest BCUT2D eigenvalue weighted by atomic mass is 9.95. The molecule has 15 atom stereocenters. The number of fused-ring (bicyclic) bond motifs is 1. The van der Waals surface area contributed by atoms with Gasteiger partial charge in [-0.1, -0.05) is 0 Å². The molecule has 3 fully saturated rings. The Bertz CT molecular complexity index is 787. The zero-order valence-electron chi connectivity index (χ0n) is 19.6. The Morgan fingerprint density at radius 1 is 0.649 bits per heavy atom. The quantitative estimate of drug-likeness (QED) is 0.135. The van der Waals surface area contributed by atoms with Crippen molar-refractivity contribution in [2.75, 3.05) is 19.8 Å². The summed E-state index contributed by atoms with van der Waals surface area (Å²) in [6.45, 7) is -0.694. The number of aliphatic hydroxyl groups excluding tert-OH is 9. The number of hydrogen-bond donors (Lipinski definition) is 9. The van der Waals surface area contributed by atoms with E-state index in [1.165, 1.54) is 6.92 Å². The third-order valence-corrected chi connectivity index (χ3v) is 6.67. The predicted octanol–water partition coefficient (Wildman–Crippen LogP) is -6.18. The molecule has 37 heavy (non-hydrogen) atoms. The average Bonchev–Trinajstić information content (AvgIpc) is 2.89. The molecular formula is C20H33NO16. The van der Waals surface area contributed by atoms with E-state index < -0.39 is 112 Å². The van der Waals surface area contributed by atoms with Gasteiger partial charge in [-0.2, -0.15) is 4.89 Å². The second kappa shape index (κ2) is 11.9. The molecule has 0 spiro atoms. The van der Waals surface area contributed by atoms with Crippen LogP contribution >= 0.6 is 0 Å². The molecule has 17 nitrogen and oxygen atoms in total. The van der Waals surface area contributed by atoms with Crippen molar-refractivity contribution < 1.29 is 79.4 Å². The number of aliphatic imine (C=N–C) groups is 1. The minimum absolute atomic E-state index is 0.0931. The highest BCUT2D eigenvalue weighted by molar-refractivity contribution is 5.73. The van der Waals surface area contributed by atoms with Crippen LogP contribution in [0.3, 0.4) is 0 Å². The summed E-state index contributed by atoms with van der Waals surface area (Å²) in [6.07, 6.45) is -21.8. The maximum Gasteiger partial charge on any atom is 0.228 e. The molecule has 0 radical (unpaired) electrons. The first-order chi connectivity index (χ1) is 17.6. The molecule has 0 aromatic carbocycles. The first-order valence-electron chi connectivity index (χ1n) is 11.7. The highest BCUT2D eigenvalue weighted by Gasteiger charge is 2.54. The van der Waals surface area contributed by atoms with Gasteiger partial charge in [0.1, 0.15) is 73.2 Å². The fraction of sp³-hybridized carbons (Fsp3) is 0.950. The van der Waals surface area contributed by atoms with E-state index in [0.29, 0.717) is 0 Å². The summed E-state index contributed by atoms with van der Waals surface area (Å²) in [4.78, 5) is 13.9. The van der Waals surface area contributed by atoms with E-state index >= 15 is 0 Å². The van der Waals surface area contributed by atoms with E-state index in [4.69, 9.17) is 33.5 Å². The van der Waals surface area contributed by atoms with Crippen LogP contribution in [0.1, 0.15) is 6.92 Å². The molecule has 3 saturated heterocycles. The van der Waals surface area contributed by atoms with Crippen LogP contribution in [-0.2, 0) is 33.5 Å². The van der Waals surface area contributed by atoms with E-state index in [1.54, 1.807) is 0 Å². The highest BCUT2D eigenvalue weighted by Crippen LogP contribution is 2.34. The van der Waals surface area contributed by atoms with Crippen LogP contribution in [-0.4, -0.2) is 164 Å². The summed E-state index contributed by atoms with van der Waals surface area (Å²) in [5.41, 5.74) is 0. The van der Waals surface area contributed by atoms with Gasteiger partial charge in [-0.15, -0.1) is 0 Å². The maximum absolute atomic E-state index is 10.9. The predicted molar refractivity (Wildman–Crippen MR) is 112 cm³/mol. The Balaban J connectivity index is 1.52. The molecule has 9 N–H and O–H groups in total. The van der Waals surface area contributed by atoms with Gasteiger partial charge in [0, 0.05) is 6.92 Å². The Hall–Kier alpha value is -1.13. The summed E-state index contributed by atoms with van der Waals surface area (Å²) in [5.74, 6) is 0.0931. The largest absolute Gasteiger partial charge is 0.394 e. The molecule has 4 heterocycles. The van der Waals surface area contributed by atoms with Crippen molar-refractivity contribution in [3.63, 3.8) is 0 Å². The number of rotatable bonds is 7. The van der Waals surface area contributed by atoms with Gasteiger partial charge in [0.25, 0.3) is 0 Å². The lowest BCUT2D eigenvalue weighted by molar-refractivity contribution is -0.402. The van der Waals surface area contributed by atoms with E-state index in [1.807, 2.05) is 0 Å². The molecule has 0 saturated carbocycles. The van der Waals surface area contributed by atoms with Crippen LogP contribution in [0.25, 0.3) is 0 Å². The standard InChI is InChI=1S/C20H33NO16/c1-5-21-9-12(27)16(8(4-24)33-18(9)37-36-5)34-20-15(30)17(11(26)7(3-23)32-20)35-19-14(29)13(28)10(25)6(2-22)31-19/h6-20,22-30H,2-4H2,1H3/t6-,7-,8-,9-,10-,11-,12-,13+,14+,15+,16-,17+,18-,19+,20+/m1/s1. The number of aliphatic hydroxyl groups is 9. The molecule has 4 aliphatic rings. The number of nitrogens with zero attached hydrogens (tertiary/aromatic N) is 1. The van der Waals surface area contributed by atoms with Gasteiger partial charge >= 0.3 is 0 Å². The minimum Gasteiger partial charge on any atom is -0.394 e. The summed E-state index contributed by atoms with van der Waals surface area (Å²) in [7, 11) is 0. The van der Waals surface area contributed by atoms with E-state index in [2.05, 4.69) is 4.99 Å². The molecule has 4 aliphatic heterocycles. The third-order valence-electron chi connectivity index (χ3n) is 6.67. The second-order valence-electron chi connectivity index (χ2n) is 9.14. The highest BCUT2D eigenvalue weighted by atomic mass is 17.2. The molecule has 0 amide bonds. The zero-order chi connectivity index (χ0) is 27.0. The SMILES string of the molecule is CC1=N[C@H]2[C@@H](OO1)O[C@H](CO)[C@@H](O[C@@H]1O[C@H](CO)[C@@H](O)[C@H](O[C@@H]3O[C@H](CO)[C@@H](O)[C@H](O)[C@@H]3O)[C@@H]1O)[C@@H]2O. The van der Waals surface area contributed by atoms with Crippen LogP contribution in [0.2, 0.25) is 0 Å². The van der Waals surface area contributed by atoms with Gasteiger partial charge in [0.15, 0.2) is 12.6 Å². The average molecular weight is 543 g/mol. The molecule has 0 bridgehead atoms. The Labute approximate surface area is 209 Å². The lowest BCUT2D eigenvalue weighted by Gasteiger charge is -2.48. The van der Waals surface area contributed by atoms with Gasteiger partial charge in [0.05, 0.1) is 19.8 Å². The lowest BCUT2D eigenvalue weighted by Crippen LogP contribution is -2.67. The van der Waals surface area contributed by atoms with Gasteiger partial charge in [-0.05, 0) is 0 Å². The number of hydrogen-bond acceptors (Lipinski definition) is 17. The van der Waals surface area contributed by atoms with Crippen molar-refractivity contribution in [3.8, 4) is 0 Å². The Kier molecular flexibility index (Phi) is 9.32. The smallest absolute Gasteiger partial charge is 0.228 e. The molecule has 0 aromatic heterocycles. The molecule has 0 aromatic rings. The summed E-state index contributed by atoms with van der Waals surface area (Å²) < 4.78 is 27.5. The van der Waals surface area contributed by atoms with Gasteiger partial charge < -0.3 is 74.5 Å². The summed E-state index contributed by atoms with van der Waals surface area (Å²) >= 11 is 0. The van der Waals surface area contributed by atoms with Crippen LogP contribution in [0.4, 0.5) is 0 Å². The van der Waals surface area contributed by atoms with Crippen molar-refractivity contribution in [1.82, 2.24) is 0 Å². The van der Waals surface area contributed by atoms with Crippen molar-refractivity contribution in [1.29, 1.82) is 0 Å². The molecule has 0 aliphatic carbocycles. The first kappa shape index (κ1) is 28.9. The van der Waals surface area contributed by atoms with Gasteiger partial charge in [0.2, 0.25) is 12.2 Å². The molecule has 0 unspecified atom stereocenters. The molecule has 214 valence electrons. The minimum atomic E-state index is -1.84. The maximum atomic E-state index is 10.9. The summed E-state index contributed by atoms with van der Waals surface area (Å²) in [5, 5.41) is 91.6.